The lowest BCUT2D eigenvalue weighted by Crippen LogP contribution is -2.52. The lowest BCUT2D eigenvalue weighted by Gasteiger charge is -2.36. The molecule has 4 amide bonds. The summed E-state index contributed by atoms with van der Waals surface area (Å²) in [6, 6.07) is 18.4. The molecule has 4 fully saturated rings. The van der Waals surface area contributed by atoms with E-state index >= 15 is 0 Å². The van der Waals surface area contributed by atoms with Gasteiger partial charge in [-0.05, 0) is 95.4 Å². The largest absolute Gasteiger partial charge is 0.453 e. The highest BCUT2D eigenvalue weighted by atomic mass is 19.3. The van der Waals surface area contributed by atoms with Gasteiger partial charge in [-0.3, -0.25) is 9.59 Å². The number of H-pyrrole nitrogens is 2. The number of hydrogen-bond acceptors (Lipinski definition) is 9. The second-order valence-corrected chi connectivity index (χ2v) is 18.3. The molecule has 4 aliphatic rings. The summed E-state index contributed by atoms with van der Waals surface area (Å²) < 4.78 is 39.5. The first kappa shape index (κ1) is 43.9. The van der Waals surface area contributed by atoms with Gasteiger partial charge in [0.1, 0.15) is 23.7 Å². The van der Waals surface area contributed by atoms with Gasteiger partial charge >= 0.3 is 18.8 Å². The van der Waals surface area contributed by atoms with Crippen molar-refractivity contribution in [3.63, 3.8) is 0 Å². The fourth-order valence-electron chi connectivity index (χ4n) is 10.2. The van der Waals surface area contributed by atoms with Gasteiger partial charge < -0.3 is 44.6 Å². The normalized spacial score (nSPS) is 21.6. The van der Waals surface area contributed by atoms with E-state index in [0.29, 0.717) is 12.4 Å². The number of carbonyl (C=O) groups excluding carboxylic acids is 4. The maximum absolute atomic E-state index is 14.0. The molecule has 2 aromatic heterocycles. The van der Waals surface area contributed by atoms with Crippen molar-refractivity contribution < 1.29 is 42.2 Å². The SMILES string of the molecule is COC(=O)N[C@@H](CCOC(F)F)C(=O)N1C2CC[C@@H](C2)[C@H]1c1ncc(-c2ccc(-c3ccc4cc(-c5cnc([C@@H]6CC7(CC7)CN6C(=O)[C@@H](NC(=O)OC)C(C)C)[nH]5)ccc4c3)cc2)[nH]1. The molecule has 2 saturated heterocycles. The van der Waals surface area contributed by atoms with Crippen molar-refractivity contribution in [3.05, 3.63) is 84.7 Å². The van der Waals surface area contributed by atoms with E-state index in [-0.39, 0.29) is 53.6 Å². The summed E-state index contributed by atoms with van der Waals surface area (Å²) in [7, 11) is 2.47. The maximum Gasteiger partial charge on any atom is 0.407 e. The monoisotopic (exact) mass is 892 g/mol. The molecule has 3 aromatic carbocycles. The number of aromatic nitrogens is 4. The summed E-state index contributed by atoms with van der Waals surface area (Å²) in [6.45, 7) is 1.07. The Morgan fingerprint density at radius 1 is 0.800 bits per heavy atom. The smallest absolute Gasteiger partial charge is 0.407 e. The van der Waals surface area contributed by atoms with Crippen LogP contribution in [-0.2, 0) is 23.8 Å². The highest BCUT2D eigenvalue weighted by molar-refractivity contribution is 5.91. The Morgan fingerprint density at radius 3 is 2.09 bits per heavy atom. The molecule has 1 spiro atoms. The number of carbonyl (C=O) groups is 4. The minimum absolute atomic E-state index is 0.0560. The molecule has 2 saturated carbocycles. The van der Waals surface area contributed by atoms with Gasteiger partial charge in [0.15, 0.2) is 0 Å². The van der Waals surface area contributed by atoms with Gasteiger partial charge in [-0.25, -0.2) is 19.6 Å². The summed E-state index contributed by atoms with van der Waals surface area (Å²) >= 11 is 0. The number of methoxy groups -OCH3 is 2. The first-order chi connectivity index (χ1) is 31.3. The van der Waals surface area contributed by atoms with Crippen LogP contribution in [0.4, 0.5) is 18.4 Å². The standard InChI is InChI=1S/C48H54F2N8O7/c1-26(2)39(56-47(62)64-4)44(60)57-25-48(16-17-48)22-38(57)41-51-24-37(53-41)32-12-11-30-19-29(9-10-31(30)20-32)27-5-7-28(8-6-27)36-23-52-42(54-36)40-33-13-14-34(21-33)58(40)43(59)35(55-46(61)63-3)15-18-65-45(49)50/h5-12,19-20,23-24,26,33-35,38-40,45H,13-18,21-22,25H2,1-4H3,(H,51,53)(H,52,54)(H,55,61)(H,56,62)/t33-,34?,35-,38-,39-,40-/m0/s1. The molecule has 2 aliphatic carbocycles. The molecule has 5 aromatic rings. The number of likely N-dealkylation sites (tertiary alicyclic amines) is 2. The second kappa shape index (κ2) is 17.9. The minimum Gasteiger partial charge on any atom is -0.453 e. The number of alkyl halides is 2. The number of alkyl carbamates (subject to hydrolysis) is 2. The number of benzene rings is 3. The molecule has 2 bridgehead atoms. The molecule has 15 nitrogen and oxygen atoms in total. The molecule has 342 valence electrons. The van der Waals surface area contributed by atoms with Gasteiger partial charge in [0.25, 0.3) is 0 Å². The number of halogens is 2. The number of piperidine rings is 1. The molecule has 1 unspecified atom stereocenters. The van der Waals surface area contributed by atoms with Gasteiger partial charge in [0, 0.05) is 24.6 Å². The van der Waals surface area contributed by atoms with Crippen LogP contribution in [0.2, 0.25) is 0 Å². The number of ether oxygens (including phenoxy) is 3. The number of nitrogens with zero attached hydrogens (tertiary/aromatic N) is 4. The third kappa shape index (κ3) is 8.89. The Balaban J connectivity index is 0.883. The fourth-order valence-corrected chi connectivity index (χ4v) is 10.2. The third-order valence-electron chi connectivity index (χ3n) is 13.9. The fraction of sp³-hybridized carbons (Fsp3) is 0.458. The van der Waals surface area contributed by atoms with E-state index in [1.54, 1.807) is 11.1 Å². The summed E-state index contributed by atoms with van der Waals surface area (Å²) in [5, 5.41) is 7.39. The Labute approximate surface area is 375 Å². The summed E-state index contributed by atoms with van der Waals surface area (Å²) in [5.41, 5.74) is 5.74. The van der Waals surface area contributed by atoms with E-state index in [9.17, 15) is 28.0 Å². The number of amides is 4. The van der Waals surface area contributed by atoms with Crippen molar-refractivity contribution in [1.82, 2.24) is 40.4 Å². The van der Waals surface area contributed by atoms with E-state index in [1.807, 2.05) is 37.1 Å². The van der Waals surface area contributed by atoms with E-state index in [2.05, 4.69) is 73.9 Å². The molecule has 4 heterocycles. The van der Waals surface area contributed by atoms with Crippen molar-refractivity contribution in [2.75, 3.05) is 27.4 Å². The van der Waals surface area contributed by atoms with Crippen molar-refractivity contribution in [2.45, 2.75) is 95.6 Å². The zero-order valence-corrected chi connectivity index (χ0v) is 36.8. The van der Waals surface area contributed by atoms with Crippen LogP contribution in [0, 0.1) is 17.3 Å². The quantitative estimate of drug-likeness (QED) is 0.0855. The zero-order chi connectivity index (χ0) is 45.6. The third-order valence-corrected chi connectivity index (χ3v) is 13.9. The van der Waals surface area contributed by atoms with Crippen LogP contribution in [-0.4, -0.2) is 106 Å². The molecular weight excluding hydrogens is 839 g/mol. The molecule has 9 rings (SSSR count). The number of nitrogens with one attached hydrogen (secondary N) is 4. The van der Waals surface area contributed by atoms with Crippen molar-refractivity contribution >= 4 is 34.8 Å². The zero-order valence-electron chi connectivity index (χ0n) is 36.8. The molecule has 6 atom stereocenters. The van der Waals surface area contributed by atoms with Crippen molar-refractivity contribution in [3.8, 4) is 33.6 Å². The molecule has 0 radical (unpaired) electrons. The first-order valence-electron chi connectivity index (χ1n) is 22.3. The van der Waals surface area contributed by atoms with Crippen LogP contribution >= 0.6 is 0 Å². The van der Waals surface area contributed by atoms with Crippen molar-refractivity contribution in [2.24, 2.45) is 17.3 Å². The number of rotatable bonds is 14. The van der Waals surface area contributed by atoms with E-state index in [4.69, 9.17) is 19.4 Å². The minimum atomic E-state index is -2.99. The molecule has 4 N–H and O–H groups in total. The highest BCUT2D eigenvalue weighted by Crippen LogP contribution is 2.58. The van der Waals surface area contributed by atoms with Crippen LogP contribution in [0.1, 0.15) is 82.5 Å². The lowest BCUT2D eigenvalue weighted by molar-refractivity contribution is -0.144. The predicted octanol–water partition coefficient (Wildman–Crippen LogP) is 8.13. The summed E-state index contributed by atoms with van der Waals surface area (Å²) in [6.07, 6.45) is 7.49. The molecule has 2 aliphatic heterocycles. The number of hydrogen-bond donors (Lipinski definition) is 4. The lowest BCUT2D eigenvalue weighted by atomic mass is 9.97. The second-order valence-electron chi connectivity index (χ2n) is 18.3. The molecular formula is C48H54F2N8O7. The van der Waals surface area contributed by atoms with Crippen LogP contribution in [0.5, 0.6) is 0 Å². The Kier molecular flexibility index (Phi) is 12.1. The van der Waals surface area contributed by atoms with Gasteiger partial charge in [-0.2, -0.15) is 8.78 Å². The number of aromatic amines is 2. The average molecular weight is 893 g/mol. The highest BCUT2D eigenvalue weighted by Gasteiger charge is 2.55. The van der Waals surface area contributed by atoms with Crippen LogP contribution in [0.25, 0.3) is 44.4 Å². The van der Waals surface area contributed by atoms with E-state index in [1.165, 1.54) is 14.2 Å². The van der Waals surface area contributed by atoms with Crippen LogP contribution < -0.4 is 10.6 Å². The summed E-state index contributed by atoms with van der Waals surface area (Å²) in [5.74, 6) is 0.915. The summed E-state index contributed by atoms with van der Waals surface area (Å²) in [4.78, 5) is 72.3. The average Bonchev–Trinajstić information content (AvgIpc) is 3.94. The number of imidazole rings is 2. The van der Waals surface area contributed by atoms with Crippen LogP contribution in [0.15, 0.2) is 73.1 Å². The Morgan fingerprint density at radius 2 is 1.42 bits per heavy atom. The van der Waals surface area contributed by atoms with Gasteiger partial charge in [0.05, 0.1) is 56.7 Å². The van der Waals surface area contributed by atoms with Gasteiger partial charge in [0.2, 0.25) is 11.8 Å². The number of fused-ring (bicyclic) bond motifs is 3. The Bertz CT molecular complexity index is 2570. The molecule has 17 heteroatoms. The van der Waals surface area contributed by atoms with Crippen LogP contribution in [0.3, 0.4) is 0 Å². The van der Waals surface area contributed by atoms with Gasteiger partial charge in [-0.15, -0.1) is 0 Å². The Hall–Kier alpha value is -6.36. The molecule has 65 heavy (non-hydrogen) atoms. The topological polar surface area (TPSA) is 184 Å². The van der Waals surface area contributed by atoms with Gasteiger partial charge in [-0.1, -0.05) is 62.4 Å². The maximum atomic E-state index is 14.0. The predicted molar refractivity (Wildman–Crippen MR) is 236 cm³/mol. The first-order valence-corrected chi connectivity index (χ1v) is 22.3. The van der Waals surface area contributed by atoms with Crippen molar-refractivity contribution in [1.29, 1.82) is 0 Å². The van der Waals surface area contributed by atoms with E-state index < -0.39 is 37.5 Å². The van der Waals surface area contributed by atoms with E-state index in [0.717, 1.165) is 88.8 Å².